The standard InChI is InChI=1S/C13H20N2/c1-2-8-15-9-12(10-15)13(14)11-6-4-3-5-7-11/h3-7,12-13H,2,8-10,14H2,1H3. The quantitative estimate of drug-likeness (QED) is 0.813. The molecule has 1 aromatic rings. The summed E-state index contributed by atoms with van der Waals surface area (Å²) in [6, 6.07) is 10.7. The molecule has 1 aromatic carbocycles. The van der Waals surface area contributed by atoms with E-state index < -0.39 is 0 Å². The minimum absolute atomic E-state index is 0.222. The summed E-state index contributed by atoms with van der Waals surface area (Å²) in [6.07, 6.45) is 1.24. The van der Waals surface area contributed by atoms with Crippen LogP contribution in [0.2, 0.25) is 0 Å². The summed E-state index contributed by atoms with van der Waals surface area (Å²) in [4.78, 5) is 2.48. The molecule has 2 heteroatoms. The van der Waals surface area contributed by atoms with E-state index in [-0.39, 0.29) is 6.04 Å². The number of hydrogen-bond donors (Lipinski definition) is 1. The Hall–Kier alpha value is -0.860. The van der Waals surface area contributed by atoms with Gasteiger partial charge in [0.1, 0.15) is 0 Å². The maximum Gasteiger partial charge on any atom is 0.0348 e. The molecule has 0 aromatic heterocycles. The highest BCUT2D eigenvalue weighted by atomic mass is 15.2. The van der Waals surface area contributed by atoms with E-state index in [2.05, 4.69) is 36.1 Å². The highest BCUT2D eigenvalue weighted by Gasteiger charge is 2.31. The van der Waals surface area contributed by atoms with Crippen LogP contribution in [0.3, 0.4) is 0 Å². The van der Waals surface area contributed by atoms with Crippen LogP contribution in [0.4, 0.5) is 0 Å². The van der Waals surface area contributed by atoms with Crippen molar-refractivity contribution in [2.75, 3.05) is 19.6 Å². The molecule has 15 heavy (non-hydrogen) atoms. The molecule has 1 fully saturated rings. The molecule has 1 atom stereocenters. The Balaban J connectivity index is 1.87. The maximum absolute atomic E-state index is 6.23. The van der Waals surface area contributed by atoms with E-state index in [0.29, 0.717) is 5.92 Å². The van der Waals surface area contributed by atoms with Gasteiger partial charge in [-0.15, -0.1) is 0 Å². The second-order valence-corrected chi connectivity index (χ2v) is 4.46. The Morgan fingerprint density at radius 2 is 2.00 bits per heavy atom. The summed E-state index contributed by atoms with van der Waals surface area (Å²) in [6.45, 7) is 5.79. The van der Waals surface area contributed by atoms with Gasteiger partial charge in [0, 0.05) is 25.0 Å². The van der Waals surface area contributed by atoms with Crippen LogP contribution >= 0.6 is 0 Å². The second kappa shape index (κ2) is 4.77. The predicted octanol–water partition coefficient (Wildman–Crippen LogP) is 2.03. The van der Waals surface area contributed by atoms with Crippen LogP contribution in [0.5, 0.6) is 0 Å². The fourth-order valence-corrected chi connectivity index (χ4v) is 2.28. The molecule has 2 N–H and O–H groups in total. The van der Waals surface area contributed by atoms with Gasteiger partial charge in [-0.3, -0.25) is 0 Å². The lowest BCUT2D eigenvalue weighted by molar-refractivity contribution is 0.0820. The summed E-state index contributed by atoms with van der Waals surface area (Å²) in [7, 11) is 0. The van der Waals surface area contributed by atoms with Crippen molar-refractivity contribution in [3.05, 3.63) is 35.9 Å². The van der Waals surface area contributed by atoms with Crippen molar-refractivity contribution in [3.63, 3.8) is 0 Å². The Labute approximate surface area is 92.1 Å². The van der Waals surface area contributed by atoms with Crippen LogP contribution in [0.25, 0.3) is 0 Å². The van der Waals surface area contributed by atoms with E-state index in [1.807, 2.05) is 6.07 Å². The van der Waals surface area contributed by atoms with Gasteiger partial charge >= 0.3 is 0 Å². The largest absolute Gasteiger partial charge is 0.324 e. The fourth-order valence-electron chi connectivity index (χ4n) is 2.28. The van der Waals surface area contributed by atoms with Crippen molar-refractivity contribution >= 4 is 0 Å². The van der Waals surface area contributed by atoms with E-state index in [0.717, 1.165) is 0 Å². The lowest BCUT2D eigenvalue weighted by Crippen LogP contribution is -2.51. The van der Waals surface area contributed by atoms with Gasteiger partial charge in [0.05, 0.1) is 0 Å². The van der Waals surface area contributed by atoms with Crippen LogP contribution in [0.1, 0.15) is 24.9 Å². The third-order valence-electron chi connectivity index (χ3n) is 3.22. The highest BCUT2D eigenvalue weighted by Crippen LogP contribution is 2.27. The number of benzene rings is 1. The van der Waals surface area contributed by atoms with E-state index in [9.17, 15) is 0 Å². The first kappa shape index (κ1) is 10.7. The van der Waals surface area contributed by atoms with E-state index in [4.69, 9.17) is 5.73 Å². The van der Waals surface area contributed by atoms with Crippen LogP contribution < -0.4 is 5.73 Å². The second-order valence-electron chi connectivity index (χ2n) is 4.46. The number of nitrogens with zero attached hydrogens (tertiary/aromatic N) is 1. The van der Waals surface area contributed by atoms with Crippen molar-refractivity contribution in [1.82, 2.24) is 4.90 Å². The van der Waals surface area contributed by atoms with Crippen molar-refractivity contribution in [3.8, 4) is 0 Å². The first-order valence-electron chi connectivity index (χ1n) is 5.84. The average Bonchev–Trinajstić information content (AvgIpc) is 2.23. The lowest BCUT2D eigenvalue weighted by atomic mass is 9.87. The number of nitrogens with two attached hydrogens (primary N) is 1. The summed E-state index contributed by atoms with van der Waals surface area (Å²) in [5, 5.41) is 0. The SMILES string of the molecule is CCCN1CC(C(N)c2ccccc2)C1. The summed E-state index contributed by atoms with van der Waals surface area (Å²) < 4.78 is 0. The zero-order chi connectivity index (χ0) is 10.7. The third kappa shape index (κ3) is 2.39. The number of likely N-dealkylation sites (tertiary alicyclic amines) is 1. The van der Waals surface area contributed by atoms with Gasteiger partial charge in [0.2, 0.25) is 0 Å². The molecule has 2 nitrogen and oxygen atoms in total. The Morgan fingerprint density at radius 1 is 1.33 bits per heavy atom. The van der Waals surface area contributed by atoms with Gasteiger partial charge in [-0.25, -0.2) is 0 Å². The molecular formula is C13H20N2. The van der Waals surface area contributed by atoms with E-state index in [1.54, 1.807) is 0 Å². The molecule has 0 spiro atoms. The Kier molecular flexibility index (Phi) is 3.39. The highest BCUT2D eigenvalue weighted by molar-refractivity contribution is 5.20. The Bertz CT molecular complexity index is 291. The molecule has 82 valence electrons. The number of hydrogen-bond acceptors (Lipinski definition) is 2. The van der Waals surface area contributed by atoms with E-state index in [1.165, 1.54) is 31.6 Å². The van der Waals surface area contributed by atoms with Crippen molar-refractivity contribution in [2.24, 2.45) is 11.7 Å². The van der Waals surface area contributed by atoms with Crippen molar-refractivity contribution in [2.45, 2.75) is 19.4 Å². The van der Waals surface area contributed by atoms with Crippen LogP contribution in [-0.4, -0.2) is 24.5 Å². The molecule has 2 rings (SSSR count). The first-order chi connectivity index (χ1) is 7.31. The normalized spacial score (nSPS) is 19.9. The molecule has 0 amide bonds. The molecule has 1 unspecified atom stereocenters. The van der Waals surface area contributed by atoms with E-state index >= 15 is 0 Å². The molecule has 0 saturated carbocycles. The minimum Gasteiger partial charge on any atom is -0.324 e. The van der Waals surface area contributed by atoms with Crippen LogP contribution in [0, 0.1) is 5.92 Å². The molecule has 0 aliphatic carbocycles. The monoisotopic (exact) mass is 204 g/mol. The molecule has 1 saturated heterocycles. The number of rotatable bonds is 4. The molecule has 0 radical (unpaired) electrons. The zero-order valence-corrected chi connectivity index (χ0v) is 9.39. The van der Waals surface area contributed by atoms with Gasteiger partial charge in [-0.05, 0) is 18.5 Å². The molecule has 1 aliphatic heterocycles. The van der Waals surface area contributed by atoms with Gasteiger partial charge in [0.15, 0.2) is 0 Å². The molecule has 1 heterocycles. The topological polar surface area (TPSA) is 29.3 Å². The third-order valence-corrected chi connectivity index (χ3v) is 3.22. The van der Waals surface area contributed by atoms with Gasteiger partial charge in [-0.1, -0.05) is 37.3 Å². The summed E-state index contributed by atoms with van der Waals surface area (Å²) >= 11 is 0. The predicted molar refractivity (Wildman–Crippen MR) is 63.6 cm³/mol. The Morgan fingerprint density at radius 3 is 2.60 bits per heavy atom. The van der Waals surface area contributed by atoms with Crippen molar-refractivity contribution in [1.29, 1.82) is 0 Å². The van der Waals surface area contributed by atoms with Crippen molar-refractivity contribution < 1.29 is 0 Å². The summed E-state index contributed by atoms with van der Waals surface area (Å²) in [5.41, 5.74) is 7.51. The smallest absolute Gasteiger partial charge is 0.0348 e. The van der Waals surface area contributed by atoms with Gasteiger partial charge < -0.3 is 10.6 Å². The van der Waals surface area contributed by atoms with Gasteiger partial charge in [-0.2, -0.15) is 0 Å². The zero-order valence-electron chi connectivity index (χ0n) is 9.39. The van der Waals surface area contributed by atoms with Crippen LogP contribution in [-0.2, 0) is 0 Å². The molecule has 0 bridgehead atoms. The first-order valence-corrected chi connectivity index (χ1v) is 5.84. The average molecular weight is 204 g/mol. The van der Waals surface area contributed by atoms with Crippen LogP contribution in [0.15, 0.2) is 30.3 Å². The lowest BCUT2D eigenvalue weighted by Gasteiger charge is -2.42. The minimum atomic E-state index is 0.222. The summed E-state index contributed by atoms with van der Waals surface area (Å²) in [5.74, 6) is 0.652. The van der Waals surface area contributed by atoms with Gasteiger partial charge in [0.25, 0.3) is 0 Å². The molecule has 1 aliphatic rings. The maximum atomic E-state index is 6.23. The molecular weight excluding hydrogens is 184 g/mol. The fraction of sp³-hybridized carbons (Fsp3) is 0.538.